The first kappa shape index (κ1) is 24.3. The summed E-state index contributed by atoms with van der Waals surface area (Å²) in [4.78, 5) is 37.8. The number of hydrazine groups is 1. The van der Waals surface area contributed by atoms with Gasteiger partial charge in [-0.05, 0) is 42.5 Å². The number of carbonyl (C=O) groups is 2. The van der Waals surface area contributed by atoms with Gasteiger partial charge in [-0.2, -0.15) is 0 Å². The van der Waals surface area contributed by atoms with Crippen molar-refractivity contribution in [3.05, 3.63) is 133 Å². The molecular formula is C33H24N6O2. The van der Waals surface area contributed by atoms with Gasteiger partial charge in [0.1, 0.15) is 17.2 Å². The van der Waals surface area contributed by atoms with Crippen molar-refractivity contribution in [1.82, 2.24) is 19.1 Å². The summed E-state index contributed by atoms with van der Waals surface area (Å²) in [5.74, 6) is 0.332. The number of hydrogen-bond donors (Lipinski definition) is 0. The van der Waals surface area contributed by atoms with Crippen LogP contribution in [0.3, 0.4) is 0 Å². The number of fused-ring (bicyclic) bond motifs is 1. The first-order chi connectivity index (χ1) is 20.1. The van der Waals surface area contributed by atoms with E-state index < -0.39 is 11.8 Å². The summed E-state index contributed by atoms with van der Waals surface area (Å²) in [6.45, 7) is 0. The monoisotopic (exact) mass is 536 g/mol. The average Bonchev–Trinajstić information content (AvgIpc) is 3.63. The molecule has 8 nitrogen and oxygen atoms in total. The van der Waals surface area contributed by atoms with Crippen LogP contribution < -0.4 is 10.0 Å². The highest BCUT2D eigenvalue weighted by molar-refractivity contribution is 6.38. The summed E-state index contributed by atoms with van der Waals surface area (Å²) in [5, 5.41) is 2.82. The Morgan fingerprint density at radius 2 is 1.02 bits per heavy atom. The molecule has 0 saturated carbocycles. The molecule has 0 radical (unpaired) electrons. The number of imidazole rings is 2. The molecule has 3 heterocycles. The topological polar surface area (TPSA) is 76.3 Å². The van der Waals surface area contributed by atoms with Gasteiger partial charge in [-0.1, -0.05) is 84.9 Å². The predicted molar refractivity (Wildman–Crippen MR) is 159 cm³/mol. The summed E-state index contributed by atoms with van der Waals surface area (Å²) in [5.41, 5.74) is 4.23. The molecule has 1 aliphatic rings. The number of nitrogens with zero attached hydrogens (tertiary/aromatic N) is 6. The molecule has 0 bridgehead atoms. The Morgan fingerprint density at radius 3 is 1.54 bits per heavy atom. The van der Waals surface area contributed by atoms with E-state index in [1.54, 1.807) is 30.3 Å². The van der Waals surface area contributed by atoms with Gasteiger partial charge in [0.15, 0.2) is 11.3 Å². The molecular weight excluding hydrogens is 512 g/mol. The van der Waals surface area contributed by atoms with Crippen molar-refractivity contribution in [3.8, 4) is 17.1 Å². The van der Waals surface area contributed by atoms with Gasteiger partial charge in [0, 0.05) is 18.3 Å². The number of aromatic nitrogens is 4. The molecule has 4 aromatic carbocycles. The molecule has 8 heteroatoms. The molecule has 1 fully saturated rings. The standard InChI is InChI=1S/C33H24N6O2/c1-36-29(23-14-6-2-7-15-23)35-31-30(36)34-28(37(31)24-16-8-3-9-17-24)22-27-32(40)38(25-18-10-4-11-19-25)39(33(27)41)26-20-12-5-13-21-26/h2-22H,1H3. The lowest BCUT2D eigenvalue weighted by Crippen LogP contribution is -2.41. The Labute approximate surface area is 236 Å². The smallest absolute Gasteiger partial charge is 0.283 e. The van der Waals surface area contributed by atoms with E-state index in [-0.39, 0.29) is 5.57 Å². The van der Waals surface area contributed by atoms with Gasteiger partial charge < -0.3 is 4.57 Å². The summed E-state index contributed by atoms with van der Waals surface area (Å²) in [6, 6.07) is 37.9. The van der Waals surface area contributed by atoms with Gasteiger partial charge in [-0.3, -0.25) is 14.2 Å². The van der Waals surface area contributed by atoms with Crippen molar-refractivity contribution in [1.29, 1.82) is 0 Å². The minimum Gasteiger partial charge on any atom is -0.310 e. The zero-order valence-electron chi connectivity index (χ0n) is 22.1. The van der Waals surface area contributed by atoms with Crippen LogP contribution in [0.2, 0.25) is 0 Å². The van der Waals surface area contributed by atoms with Gasteiger partial charge >= 0.3 is 0 Å². The van der Waals surface area contributed by atoms with Crippen LogP contribution >= 0.6 is 0 Å². The lowest BCUT2D eigenvalue weighted by atomic mass is 10.2. The van der Waals surface area contributed by atoms with Crippen molar-refractivity contribution in [2.75, 3.05) is 10.0 Å². The molecule has 1 aliphatic heterocycles. The lowest BCUT2D eigenvalue weighted by molar-refractivity contribution is -0.116. The number of hydrogen-bond acceptors (Lipinski definition) is 4. The summed E-state index contributed by atoms with van der Waals surface area (Å²) >= 11 is 0. The SMILES string of the molecule is Cn1c(-c2ccccc2)nc2c1nc(C=C1C(=O)N(c3ccccc3)N(c3ccccc3)C1=O)n2-c1ccccc1. The maximum Gasteiger partial charge on any atom is 0.283 e. The van der Waals surface area contributed by atoms with Crippen LogP contribution in [0.25, 0.3) is 34.4 Å². The maximum atomic E-state index is 13.9. The van der Waals surface area contributed by atoms with Crippen molar-refractivity contribution in [2.24, 2.45) is 7.05 Å². The lowest BCUT2D eigenvalue weighted by Gasteiger charge is -2.27. The molecule has 2 aromatic heterocycles. The van der Waals surface area contributed by atoms with E-state index in [9.17, 15) is 9.59 Å². The minimum absolute atomic E-state index is 0.00785. The third-order valence-electron chi connectivity index (χ3n) is 7.08. The van der Waals surface area contributed by atoms with Crippen LogP contribution in [0.4, 0.5) is 11.4 Å². The normalized spacial score (nSPS) is 13.4. The summed E-state index contributed by atoms with van der Waals surface area (Å²) in [7, 11) is 1.91. The van der Waals surface area contributed by atoms with E-state index in [0.717, 1.165) is 17.1 Å². The number of benzene rings is 4. The Morgan fingerprint density at radius 1 is 0.561 bits per heavy atom. The van der Waals surface area contributed by atoms with Crippen molar-refractivity contribution in [3.63, 3.8) is 0 Å². The molecule has 2 amide bonds. The van der Waals surface area contributed by atoms with Crippen molar-refractivity contribution < 1.29 is 9.59 Å². The van der Waals surface area contributed by atoms with E-state index in [1.165, 1.54) is 10.0 Å². The average molecular weight is 537 g/mol. The number of anilines is 2. The molecule has 0 spiro atoms. The van der Waals surface area contributed by atoms with E-state index in [1.807, 2.05) is 113 Å². The maximum absolute atomic E-state index is 13.9. The molecule has 0 atom stereocenters. The second-order valence-electron chi connectivity index (χ2n) is 9.61. The molecule has 1 saturated heterocycles. The number of amides is 2. The van der Waals surface area contributed by atoms with Gasteiger partial charge in [0.25, 0.3) is 11.8 Å². The zero-order valence-corrected chi connectivity index (χ0v) is 22.1. The Hall–Kier alpha value is -5.76. The van der Waals surface area contributed by atoms with Crippen LogP contribution in [-0.4, -0.2) is 30.9 Å². The molecule has 7 rings (SSSR count). The molecule has 6 aromatic rings. The van der Waals surface area contributed by atoms with E-state index in [2.05, 4.69) is 0 Å². The van der Waals surface area contributed by atoms with Gasteiger partial charge in [-0.15, -0.1) is 0 Å². The van der Waals surface area contributed by atoms with Crippen molar-refractivity contribution in [2.45, 2.75) is 0 Å². The van der Waals surface area contributed by atoms with Crippen LogP contribution in [0.1, 0.15) is 5.82 Å². The Balaban J connectivity index is 1.42. The fourth-order valence-corrected chi connectivity index (χ4v) is 5.15. The molecule has 41 heavy (non-hydrogen) atoms. The first-order valence-corrected chi connectivity index (χ1v) is 13.2. The first-order valence-electron chi connectivity index (χ1n) is 13.2. The molecule has 0 unspecified atom stereocenters. The van der Waals surface area contributed by atoms with E-state index >= 15 is 0 Å². The van der Waals surface area contributed by atoms with Gasteiger partial charge in [-0.25, -0.2) is 20.0 Å². The van der Waals surface area contributed by atoms with Gasteiger partial charge in [0.05, 0.1) is 11.4 Å². The quantitative estimate of drug-likeness (QED) is 0.206. The number of aryl methyl sites for hydroxylation is 1. The Kier molecular flexibility index (Phi) is 5.79. The highest BCUT2D eigenvalue weighted by atomic mass is 16.2. The molecule has 198 valence electrons. The predicted octanol–water partition coefficient (Wildman–Crippen LogP) is 5.80. The fraction of sp³-hybridized carbons (Fsp3) is 0.0303. The zero-order chi connectivity index (χ0) is 27.9. The van der Waals surface area contributed by atoms with E-state index in [0.29, 0.717) is 28.5 Å². The summed E-state index contributed by atoms with van der Waals surface area (Å²) < 4.78 is 3.81. The third-order valence-corrected chi connectivity index (χ3v) is 7.08. The largest absolute Gasteiger partial charge is 0.310 e. The minimum atomic E-state index is -0.436. The molecule has 0 N–H and O–H groups in total. The van der Waals surface area contributed by atoms with Crippen LogP contribution in [-0.2, 0) is 16.6 Å². The highest BCUT2D eigenvalue weighted by Gasteiger charge is 2.43. The molecule has 0 aliphatic carbocycles. The second kappa shape index (κ2) is 9.77. The van der Waals surface area contributed by atoms with Crippen molar-refractivity contribution >= 4 is 40.6 Å². The van der Waals surface area contributed by atoms with Gasteiger partial charge in [0.2, 0.25) is 0 Å². The van der Waals surface area contributed by atoms with E-state index in [4.69, 9.17) is 9.97 Å². The number of rotatable bonds is 5. The number of carbonyl (C=O) groups excluding carboxylic acids is 2. The third kappa shape index (κ3) is 4.01. The van der Waals surface area contributed by atoms with Crippen LogP contribution in [0, 0.1) is 0 Å². The number of para-hydroxylation sites is 3. The van der Waals surface area contributed by atoms with Crippen LogP contribution in [0.15, 0.2) is 127 Å². The Bertz CT molecular complexity index is 1870. The fourth-order valence-electron chi connectivity index (χ4n) is 5.15. The van der Waals surface area contributed by atoms with Crippen LogP contribution in [0.5, 0.6) is 0 Å². The second-order valence-corrected chi connectivity index (χ2v) is 9.61. The highest BCUT2D eigenvalue weighted by Crippen LogP contribution is 2.33. The summed E-state index contributed by atoms with van der Waals surface area (Å²) in [6.07, 6.45) is 1.57.